The molecule has 0 saturated carbocycles. The van der Waals surface area contributed by atoms with Gasteiger partial charge in [-0.25, -0.2) is 0 Å². The molecule has 1 aromatic heterocycles. The lowest BCUT2D eigenvalue weighted by Gasteiger charge is -1.92. The lowest BCUT2D eigenvalue weighted by atomic mass is 10.2. The van der Waals surface area contributed by atoms with E-state index in [0.29, 0.717) is 0 Å². The van der Waals surface area contributed by atoms with Crippen LogP contribution in [0.3, 0.4) is 0 Å². The van der Waals surface area contributed by atoms with Crippen LogP contribution >= 0.6 is 0 Å². The topological polar surface area (TPSA) is 107 Å². The number of nitrogens with one attached hydrogen (secondary N) is 1. The molecular weight excluding hydrogens is 1060 g/mol. The largest absolute Gasteiger partial charge is 0.388 e. The summed E-state index contributed by atoms with van der Waals surface area (Å²) in [6.07, 6.45) is 16.2. The first kappa shape index (κ1) is 104. The van der Waals surface area contributed by atoms with Crippen molar-refractivity contribution >= 4 is 5.84 Å². The van der Waals surface area contributed by atoms with Gasteiger partial charge in [-0.15, -0.1) is 5.10 Å². The summed E-state index contributed by atoms with van der Waals surface area (Å²) in [6, 6.07) is 41.4. The third-order valence-electron chi connectivity index (χ3n) is 11.9. The highest BCUT2D eigenvalue weighted by Gasteiger charge is 2.00. The summed E-state index contributed by atoms with van der Waals surface area (Å²) in [4.78, 5) is 0. The van der Waals surface area contributed by atoms with Crippen molar-refractivity contribution < 1.29 is 0 Å². The fraction of sp³-hybridized carbons (Fsp3) is 0.667. The molecule has 0 aliphatic rings. The Morgan fingerprint density at radius 1 is 0.391 bits per heavy atom. The highest BCUT2D eigenvalue weighted by atomic mass is 15.4. The lowest BCUT2D eigenvalue weighted by Crippen LogP contribution is -2.07. The van der Waals surface area contributed by atoms with E-state index in [1.807, 2.05) is 94.0 Å². The van der Waals surface area contributed by atoms with E-state index in [0.717, 1.165) is 104 Å². The summed E-state index contributed by atoms with van der Waals surface area (Å²) in [5.41, 5.74) is 16.1. The zero-order chi connectivity index (χ0) is 69.8. The van der Waals surface area contributed by atoms with Gasteiger partial charge in [0.25, 0.3) is 0 Å². The van der Waals surface area contributed by atoms with E-state index in [-0.39, 0.29) is 5.84 Å². The van der Waals surface area contributed by atoms with Crippen molar-refractivity contribution in [3.8, 4) is 11.3 Å². The van der Waals surface area contributed by atoms with Gasteiger partial charge in [0.1, 0.15) is 5.69 Å². The van der Waals surface area contributed by atoms with E-state index in [1.54, 1.807) is 0 Å². The van der Waals surface area contributed by atoms with Crippen molar-refractivity contribution in [2.45, 2.75) is 305 Å². The number of nitrogens with two attached hydrogens (primary N) is 2. The van der Waals surface area contributed by atoms with Crippen LogP contribution in [-0.4, -0.2) is 27.4 Å². The number of hydrogen-bond acceptors (Lipinski definition) is 4. The molecule has 0 aliphatic heterocycles. The first-order chi connectivity index (χ1) is 41.0. The smallest absolute Gasteiger partial charge is 0.113 e. The minimum atomic E-state index is 0.289. The molecule has 6 heteroatoms. The molecule has 0 fully saturated rings. The van der Waals surface area contributed by atoms with Crippen LogP contribution in [0.4, 0.5) is 0 Å². The van der Waals surface area contributed by atoms with Crippen molar-refractivity contribution in [3.63, 3.8) is 0 Å². The van der Waals surface area contributed by atoms with Crippen molar-refractivity contribution in [3.05, 3.63) is 144 Å². The second-order valence-corrected chi connectivity index (χ2v) is 24.4. The average Bonchev–Trinajstić information content (AvgIpc) is 4.23. The minimum Gasteiger partial charge on any atom is -0.388 e. The average molecular weight is 1220 g/mol. The van der Waals surface area contributed by atoms with Crippen LogP contribution in [0.5, 0.6) is 0 Å². The molecule has 0 amide bonds. The molecule has 0 aliphatic carbocycles. The molecule has 0 bridgehead atoms. The van der Waals surface area contributed by atoms with Crippen LogP contribution in [0.1, 0.15) is 296 Å². The molecule has 5 N–H and O–H groups in total. The predicted octanol–water partition coefficient (Wildman–Crippen LogP) is 26.5. The molecule has 512 valence electrons. The van der Waals surface area contributed by atoms with E-state index >= 15 is 0 Å². The predicted molar refractivity (Wildman–Crippen MR) is 408 cm³/mol. The molecule has 4 aromatic carbocycles. The summed E-state index contributed by atoms with van der Waals surface area (Å²) in [7, 11) is 0. The van der Waals surface area contributed by atoms with E-state index < -0.39 is 0 Å². The quantitative estimate of drug-likeness (QED) is 0.0761. The van der Waals surface area contributed by atoms with Gasteiger partial charge in [-0.2, -0.15) is 0 Å². The lowest BCUT2D eigenvalue weighted by molar-refractivity contribution is 0.626. The number of benzene rings is 4. The van der Waals surface area contributed by atoms with Crippen LogP contribution in [0.25, 0.3) is 11.3 Å². The standard InChI is InChI=1S/C10H11N3.3C8H10.7C5H12.C4H10N2.C4H10.C2H7N.C2H6/c1-2-13-8-10(11-12-13)9-6-4-3-5-7-9;3*1-2-8-6-4-3-5-7-8;7*1-4-5(2)3;1-2-3-4(5)6;1-4(2)3;1-2-3;1-2/h3-8H,2H2,1H3;3*3-7H,2H2,1H3;7*5H,4H2,1-3H3;2-3H2,1H3,(H3,5,6);4H,1-3H3;2-3H2,1H3;1-2H3. The molecule has 0 saturated heterocycles. The number of rotatable bonds is 14. The molecule has 1 heterocycles. The van der Waals surface area contributed by atoms with Gasteiger partial charge in [0.05, 0.1) is 12.0 Å². The summed E-state index contributed by atoms with van der Waals surface area (Å²) >= 11 is 0. The number of amidine groups is 1. The molecule has 0 unspecified atom stereocenters. The zero-order valence-electron chi connectivity index (χ0n) is 64.6. The van der Waals surface area contributed by atoms with Crippen molar-refractivity contribution in [1.82, 2.24) is 15.0 Å². The Kier molecular flexibility index (Phi) is 105. The van der Waals surface area contributed by atoms with Crippen LogP contribution < -0.4 is 11.5 Å². The van der Waals surface area contributed by atoms with Crippen molar-refractivity contribution in [1.29, 1.82) is 5.41 Å². The maximum atomic E-state index is 6.67. The Labute approximate surface area is 549 Å². The molecule has 5 aromatic rings. The molecule has 0 spiro atoms. The van der Waals surface area contributed by atoms with Gasteiger partial charge in [-0.3, -0.25) is 10.1 Å². The van der Waals surface area contributed by atoms with Crippen molar-refractivity contribution in [2.24, 2.45) is 58.8 Å². The van der Waals surface area contributed by atoms with Crippen LogP contribution in [0.15, 0.2) is 128 Å². The van der Waals surface area contributed by atoms with Gasteiger partial charge in [0.2, 0.25) is 0 Å². The monoisotopic (exact) mass is 1220 g/mol. The number of nitrogens with zero attached hydrogens (tertiary/aromatic N) is 3. The molecule has 0 atom stereocenters. The number of aryl methyl sites for hydroxylation is 4. The highest BCUT2D eigenvalue weighted by molar-refractivity contribution is 5.76. The third kappa shape index (κ3) is 120. The highest BCUT2D eigenvalue weighted by Crippen LogP contribution is 2.14. The van der Waals surface area contributed by atoms with Gasteiger partial charge >= 0.3 is 0 Å². The van der Waals surface area contributed by atoms with E-state index in [1.165, 1.54) is 61.6 Å². The summed E-state index contributed by atoms with van der Waals surface area (Å²) in [6.45, 7) is 71.1. The normalized spacial score (nSPS) is 9.16. The Bertz CT molecular complexity index is 1670. The minimum absolute atomic E-state index is 0.289. The Hall–Kier alpha value is -4.55. The molecule has 87 heavy (non-hydrogen) atoms. The van der Waals surface area contributed by atoms with E-state index in [4.69, 9.17) is 16.9 Å². The van der Waals surface area contributed by atoms with Crippen LogP contribution in [-0.2, 0) is 25.8 Å². The summed E-state index contributed by atoms with van der Waals surface area (Å²) < 4.78 is 1.82. The molecule has 6 nitrogen and oxygen atoms in total. The molecule has 5 rings (SSSR count). The zero-order valence-corrected chi connectivity index (χ0v) is 64.6. The second kappa shape index (κ2) is 87.9. The van der Waals surface area contributed by atoms with Gasteiger partial charge in [0, 0.05) is 18.5 Å². The summed E-state index contributed by atoms with van der Waals surface area (Å²) in [5, 5.41) is 14.7. The first-order valence-corrected chi connectivity index (χ1v) is 35.1. The maximum Gasteiger partial charge on any atom is 0.113 e. The first-order valence-electron chi connectivity index (χ1n) is 35.1. The number of aromatic nitrogens is 3. The Balaban J connectivity index is -0.0000000932. The SMILES string of the molecule is CC.CC(C)C.CCC(C)C.CCC(C)C.CCC(C)C.CCC(C)C.CCC(C)C.CCC(C)C.CCC(C)C.CCCC(=N)N.CCN.CCc1ccccc1.CCc1ccccc1.CCc1ccccc1.CCn1cc(-c2ccccc2)nn1. The van der Waals surface area contributed by atoms with E-state index in [2.05, 4.69) is 270 Å². The summed E-state index contributed by atoms with van der Waals surface area (Å²) in [5.74, 6) is 7.31. The maximum absolute atomic E-state index is 6.67. The Morgan fingerprint density at radius 2 is 0.586 bits per heavy atom. The fourth-order valence-corrected chi connectivity index (χ4v) is 3.60. The van der Waals surface area contributed by atoms with Gasteiger partial charge in [-0.05, 0) is 103 Å². The molecule has 0 radical (unpaired) electrons. The van der Waals surface area contributed by atoms with Crippen LogP contribution in [0.2, 0.25) is 0 Å². The Morgan fingerprint density at radius 3 is 0.701 bits per heavy atom. The van der Waals surface area contributed by atoms with Gasteiger partial charge < -0.3 is 11.5 Å². The van der Waals surface area contributed by atoms with E-state index in [9.17, 15) is 0 Å². The van der Waals surface area contributed by atoms with Gasteiger partial charge in [0.15, 0.2) is 0 Å². The molecular formula is C81H158N6. The van der Waals surface area contributed by atoms with Crippen LogP contribution in [0, 0.1) is 52.8 Å². The van der Waals surface area contributed by atoms with Crippen molar-refractivity contribution in [2.75, 3.05) is 6.54 Å². The third-order valence-corrected chi connectivity index (χ3v) is 11.9. The second-order valence-electron chi connectivity index (χ2n) is 24.4. The fourth-order valence-electron chi connectivity index (χ4n) is 3.60. The van der Waals surface area contributed by atoms with Gasteiger partial charge in [-0.1, -0.05) is 386 Å². The number of hydrogen-bond donors (Lipinski definition) is 3.